The second-order valence-corrected chi connectivity index (χ2v) is 3.08. The van der Waals surface area contributed by atoms with Gasteiger partial charge >= 0.3 is 0 Å². The first-order valence-electron chi connectivity index (χ1n) is 3.67. The van der Waals surface area contributed by atoms with Crippen molar-refractivity contribution in [3.63, 3.8) is 0 Å². The summed E-state index contributed by atoms with van der Waals surface area (Å²) in [6, 6.07) is 6.00. The van der Waals surface area contributed by atoms with Crippen LogP contribution in [0, 0.1) is 5.82 Å². The Bertz CT molecular complexity index is 388. The SMILES string of the molecule is Fc1cccc(Oc2cnsc2)c1. The molecule has 2 rings (SSSR count). The second-order valence-electron chi connectivity index (χ2n) is 2.42. The molecule has 0 unspecified atom stereocenters. The van der Waals surface area contributed by atoms with Crippen molar-refractivity contribution < 1.29 is 9.13 Å². The molecule has 1 aromatic carbocycles. The highest BCUT2D eigenvalue weighted by atomic mass is 32.1. The summed E-state index contributed by atoms with van der Waals surface area (Å²) in [5.41, 5.74) is 0. The molecular formula is C9H6FNOS. The summed E-state index contributed by atoms with van der Waals surface area (Å²) in [6.45, 7) is 0. The van der Waals surface area contributed by atoms with Crippen molar-refractivity contribution >= 4 is 11.5 Å². The molecule has 0 saturated carbocycles. The largest absolute Gasteiger partial charge is 0.455 e. The third-order valence-corrected chi connectivity index (χ3v) is 2.01. The van der Waals surface area contributed by atoms with E-state index in [0.717, 1.165) is 0 Å². The summed E-state index contributed by atoms with van der Waals surface area (Å²) in [4.78, 5) is 0. The molecule has 0 N–H and O–H groups in total. The number of benzene rings is 1. The average molecular weight is 195 g/mol. The van der Waals surface area contributed by atoms with E-state index in [9.17, 15) is 4.39 Å². The summed E-state index contributed by atoms with van der Waals surface area (Å²) in [5.74, 6) is 0.816. The van der Waals surface area contributed by atoms with E-state index in [1.165, 1.54) is 23.7 Å². The number of ether oxygens (including phenoxy) is 1. The number of aromatic nitrogens is 1. The molecule has 0 aliphatic carbocycles. The van der Waals surface area contributed by atoms with Gasteiger partial charge in [0.1, 0.15) is 11.6 Å². The number of rotatable bonds is 2. The molecule has 0 atom stereocenters. The van der Waals surface area contributed by atoms with Crippen LogP contribution in [0.1, 0.15) is 0 Å². The highest BCUT2D eigenvalue weighted by Crippen LogP contribution is 2.22. The van der Waals surface area contributed by atoms with E-state index in [0.29, 0.717) is 11.5 Å². The van der Waals surface area contributed by atoms with E-state index >= 15 is 0 Å². The Hall–Kier alpha value is -1.42. The minimum Gasteiger partial charge on any atom is -0.455 e. The molecule has 0 bridgehead atoms. The van der Waals surface area contributed by atoms with E-state index in [-0.39, 0.29) is 5.82 Å². The number of hydrogen-bond donors (Lipinski definition) is 0. The molecule has 2 aromatic rings. The molecule has 0 saturated heterocycles. The molecule has 0 amide bonds. The van der Waals surface area contributed by atoms with Gasteiger partial charge in [0.25, 0.3) is 0 Å². The molecule has 0 spiro atoms. The summed E-state index contributed by atoms with van der Waals surface area (Å²) >= 11 is 1.29. The number of nitrogens with zero attached hydrogens (tertiary/aromatic N) is 1. The van der Waals surface area contributed by atoms with Crippen molar-refractivity contribution in [1.82, 2.24) is 4.37 Å². The summed E-state index contributed by atoms with van der Waals surface area (Å²) in [5, 5.41) is 1.75. The molecule has 0 radical (unpaired) electrons. The molecule has 1 aromatic heterocycles. The van der Waals surface area contributed by atoms with Gasteiger partial charge in [-0.1, -0.05) is 6.07 Å². The van der Waals surface area contributed by atoms with Crippen LogP contribution < -0.4 is 4.74 Å². The molecular weight excluding hydrogens is 189 g/mol. The molecule has 0 aliphatic rings. The summed E-state index contributed by atoms with van der Waals surface area (Å²) in [6.07, 6.45) is 1.59. The van der Waals surface area contributed by atoms with E-state index in [1.807, 2.05) is 0 Å². The van der Waals surface area contributed by atoms with Gasteiger partial charge in [0.2, 0.25) is 0 Å². The Kier molecular flexibility index (Phi) is 2.23. The first kappa shape index (κ1) is 8.19. The molecule has 13 heavy (non-hydrogen) atoms. The van der Waals surface area contributed by atoms with Crippen LogP contribution in [0.25, 0.3) is 0 Å². The highest BCUT2D eigenvalue weighted by molar-refractivity contribution is 7.03. The van der Waals surface area contributed by atoms with E-state index in [4.69, 9.17) is 4.74 Å². The highest BCUT2D eigenvalue weighted by Gasteiger charge is 1.98. The van der Waals surface area contributed by atoms with Crippen LogP contribution in [-0.2, 0) is 0 Å². The lowest BCUT2D eigenvalue weighted by Crippen LogP contribution is -1.82. The van der Waals surface area contributed by atoms with Crippen molar-refractivity contribution in [1.29, 1.82) is 0 Å². The van der Waals surface area contributed by atoms with Gasteiger partial charge in [-0.05, 0) is 23.7 Å². The molecule has 2 nitrogen and oxygen atoms in total. The Morgan fingerprint density at radius 3 is 2.92 bits per heavy atom. The van der Waals surface area contributed by atoms with Gasteiger partial charge in [0.15, 0.2) is 5.75 Å². The van der Waals surface area contributed by atoms with Crippen LogP contribution in [0.15, 0.2) is 35.8 Å². The zero-order chi connectivity index (χ0) is 9.10. The minimum absolute atomic E-state index is 0.305. The predicted molar refractivity (Wildman–Crippen MR) is 48.6 cm³/mol. The van der Waals surface area contributed by atoms with Gasteiger partial charge in [-0.3, -0.25) is 0 Å². The van der Waals surface area contributed by atoms with Gasteiger partial charge in [-0.25, -0.2) is 4.39 Å². The standard InChI is InChI=1S/C9H6FNOS/c10-7-2-1-3-8(4-7)12-9-5-11-13-6-9/h1-6H. The minimum atomic E-state index is -0.305. The van der Waals surface area contributed by atoms with Crippen LogP contribution in [0.3, 0.4) is 0 Å². The Balaban J connectivity index is 2.19. The van der Waals surface area contributed by atoms with E-state index in [2.05, 4.69) is 4.37 Å². The van der Waals surface area contributed by atoms with Gasteiger partial charge in [-0.15, -0.1) is 0 Å². The Morgan fingerprint density at radius 1 is 1.31 bits per heavy atom. The first-order chi connectivity index (χ1) is 6.34. The van der Waals surface area contributed by atoms with Crippen LogP contribution in [0.4, 0.5) is 4.39 Å². The Morgan fingerprint density at radius 2 is 2.23 bits per heavy atom. The maximum absolute atomic E-state index is 12.7. The fraction of sp³-hybridized carbons (Fsp3) is 0. The Labute approximate surface area is 78.8 Å². The van der Waals surface area contributed by atoms with Gasteiger partial charge in [0.05, 0.1) is 11.6 Å². The topological polar surface area (TPSA) is 22.1 Å². The third kappa shape index (κ3) is 2.03. The van der Waals surface area contributed by atoms with Gasteiger partial charge in [-0.2, -0.15) is 4.37 Å². The normalized spacial score (nSPS) is 9.92. The lowest BCUT2D eigenvalue weighted by molar-refractivity contribution is 0.478. The van der Waals surface area contributed by atoms with Gasteiger partial charge < -0.3 is 4.74 Å². The van der Waals surface area contributed by atoms with Crippen LogP contribution in [0.2, 0.25) is 0 Å². The van der Waals surface area contributed by atoms with Crippen molar-refractivity contribution in [3.05, 3.63) is 41.7 Å². The summed E-state index contributed by atoms with van der Waals surface area (Å²) in [7, 11) is 0. The molecule has 1 heterocycles. The zero-order valence-corrected chi connectivity index (χ0v) is 7.42. The molecule has 0 fully saturated rings. The fourth-order valence-corrected chi connectivity index (χ4v) is 1.35. The van der Waals surface area contributed by atoms with Gasteiger partial charge in [0, 0.05) is 6.07 Å². The smallest absolute Gasteiger partial charge is 0.158 e. The van der Waals surface area contributed by atoms with Crippen molar-refractivity contribution in [3.8, 4) is 11.5 Å². The first-order valence-corrected chi connectivity index (χ1v) is 4.51. The third-order valence-electron chi connectivity index (χ3n) is 1.44. The van der Waals surface area contributed by atoms with E-state index in [1.54, 1.807) is 23.7 Å². The van der Waals surface area contributed by atoms with Crippen molar-refractivity contribution in [2.24, 2.45) is 0 Å². The van der Waals surface area contributed by atoms with Crippen molar-refractivity contribution in [2.75, 3.05) is 0 Å². The van der Waals surface area contributed by atoms with Crippen molar-refractivity contribution in [2.45, 2.75) is 0 Å². The van der Waals surface area contributed by atoms with Crippen LogP contribution >= 0.6 is 11.5 Å². The second kappa shape index (κ2) is 3.53. The molecule has 4 heteroatoms. The maximum Gasteiger partial charge on any atom is 0.158 e. The zero-order valence-electron chi connectivity index (χ0n) is 6.61. The predicted octanol–water partition coefficient (Wildman–Crippen LogP) is 3.07. The lowest BCUT2D eigenvalue weighted by Gasteiger charge is -2.00. The van der Waals surface area contributed by atoms with E-state index < -0.39 is 0 Å². The molecule has 0 aliphatic heterocycles. The average Bonchev–Trinajstić information content (AvgIpc) is 2.57. The number of hydrogen-bond acceptors (Lipinski definition) is 3. The summed E-state index contributed by atoms with van der Waals surface area (Å²) < 4.78 is 21.9. The van der Waals surface area contributed by atoms with Crippen LogP contribution in [-0.4, -0.2) is 4.37 Å². The fourth-order valence-electron chi connectivity index (χ4n) is 0.912. The monoisotopic (exact) mass is 195 g/mol. The maximum atomic E-state index is 12.7. The quantitative estimate of drug-likeness (QED) is 0.734. The molecule has 66 valence electrons. The number of halogens is 1. The lowest BCUT2D eigenvalue weighted by atomic mass is 10.3. The van der Waals surface area contributed by atoms with Crippen LogP contribution in [0.5, 0.6) is 11.5 Å².